The molecule has 22 heavy (non-hydrogen) atoms. The van der Waals surface area contributed by atoms with E-state index in [-0.39, 0.29) is 0 Å². The molecule has 112 valence electrons. The largest absolute Gasteiger partial charge is 0.264 e. The summed E-state index contributed by atoms with van der Waals surface area (Å²) in [5.74, 6) is 0.633. The quantitative estimate of drug-likeness (QED) is 0.660. The molecule has 2 aromatic heterocycles. The van der Waals surface area contributed by atoms with E-state index in [1.807, 2.05) is 12.4 Å². The van der Waals surface area contributed by atoms with Gasteiger partial charge in [0, 0.05) is 29.4 Å². The van der Waals surface area contributed by atoms with E-state index in [9.17, 15) is 0 Å². The molecule has 0 aliphatic carbocycles. The summed E-state index contributed by atoms with van der Waals surface area (Å²) in [7, 11) is 2.13. The first-order valence-electron chi connectivity index (χ1n) is 7.88. The summed E-state index contributed by atoms with van der Waals surface area (Å²) in [5.41, 5.74) is 5.14. The highest BCUT2D eigenvalue weighted by atomic mass is 14.9. The van der Waals surface area contributed by atoms with Crippen molar-refractivity contribution in [1.29, 1.82) is 0 Å². The normalized spacial score (nSPS) is 11.3. The minimum absolute atomic E-state index is 0.633. The highest BCUT2D eigenvalue weighted by molar-refractivity contribution is 5.86. The van der Waals surface area contributed by atoms with Gasteiger partial charge in [-0.05, 0) is 36.5 Å². The number of rotatable bonds is 3. The summed E-state index contributed by atoms with van der Waals surface area (Å²) in [6.45, 7) is 6.66. The highest BCUT2D eigenvalue weighted by Gasteiger charge is 2.15. The predicted octanol–water partition coefficient (Wildman–Crippen LogP) is 4.23. The number of aryl methyl sites for hydroxylation is 2. The van der Waals surface area contributed by atoms with Gasteiger partial charge < -0.3 is 0 Å². The van der Waals surface area contributed by atoms with E-state index < -0.39 is 0 Å². The van der Waals surface area contributed by atoms with Crippen molar-refractivity contribution in [1.82, 2.24) is 4.98 Å². The number of hydrogen-bond acceptors (Lipinski definition) is 1. The van der Waals surface area contributed by atoms with Crippen LogP contribution in [0, 0.1) is 12.8 Å². The third-order valence-corrected chi connectivity index (χ3v) is 4.15. The molecule has 0 radical (unpaired) electrons. The molecule has 0 N–H and O–H groups in total. The summed E-state index contributed by atoms with van der Waals surface area (Å²) in [6.07, 6.45) is 7.29. The Morgan fingerprint density at radius 3 is 2.64 bits per heavy atom. The van der Waals surface area contributed by atoms with Gasteiger partial charge >= 0.3 is 0 Å². The molecule has 3 aromatic rings. The summed E-state index contributed by atoms with van der Waals surface area (Å²) in [6, 6.07) is 10.8. The lowest BCUT2D eigenvalue weighted by atomic mass is 9.98. The van der Waals surface area contributed by atoms with E-state index in [0.717, 1.165) is 6.42 Å². The summed E-state index contributed by atoms with van der Waals surface area (Å²) >= 11 is 0. The molecule has 2 nitrogen and oxygen atoms in total. The minimum atomic E-state index is 0.633. The van der Waals surface area contributed by atoms with Gasteiger partial charge in [0.05, 0.1) is 5.39 Å². The highest BCUT2D eigenvalue weighted by Crippen LogP contribution is 2.25. The van der Waals surface area contributed by atoms with Crippen LogP contribution >= 0.6 is 0 Å². The summed E-state index contributed by atoms with van der Waals surface area (Å²) in [4.78, 5) is 4.44. The molecule has 3 rings (SSSR count). The van der Waals surface area contributed by atoms with Gasteiger partial charge in [0.1, 0.15) is 7.05 Å². The van der Waals surface area contributed by atoms with Crippen LogP contribution in [-0.4, -0.2) is 4.98 Å². The lowest BCUT2D eigenvalue weighted by Crippen LogP contribution is -2.30. The third-order valence-electron chi connectivity index (χ3n) is 4.15. The Morgan fingerprint density at radius 1 is 1.14 bits per heavy atom. The van der Waals surface area contributed by atoms with E-state index in [4.69, 9.17) is 0 Å². The van der Waals surface area contributed by atoms with Crippen molar-refractivity contribution in [3.8, 4) is 11.3 Å². The molecule has 0 saturated carbocycles. The number of fused-ring (bicyclic) bond motifs is 1. The first-order chi connectivity index (χ1) is 10.6. The molecule has 0 atom stereocenters. The van der Waals surface area contributed by atoms with Crippen molar-refractivity contribution in [2.24, 2.45) is 13.0 Å². The van der Waals surface area contributed by atoms with E-state index in [1.54, 1.807) is 0 Å². The van der Waals surface area contributed by atoms with E-state index in [1.165, 1.54) is 33.2 Å². The van der Waals surface area contributed by atoms with Gasteiger partial charge in [-0.3, -0.25) is 4.98 Å². The molecule has 0 unspecified atom stereocenters. The van der Waals surface area contributed by atoms with Gasteiger partial charge in [0.15, 0.2) is 6.20 Å². The Labute approximate surface area is 132 Å². The molecular formula is C20H23N2+. The second-order valence-electron chi connectivity index (χ2n) is 6.48. The Hall–Kier alpha value is -2.22. The molecule has 1 aromatic carbocycles. The van der Waals surface area contributed by atoms with E-state index in [0.29, 0.717) is 5.92 Å². The molecule has 0 amide bonds. The second kappa shape index (κ2) is 5.88. The summed E-state index contributed by atoms with van der Waals surface area (Å²) in [5, 5.41) is 2.53. The van der Waals surface area contributed by atoms with Gasteiger partial charge in [0.25, 0.3) is 0 Å². The number of hydrogen-bond donors (Lipinski definition) is 0. The second-order valence-corrected chi connectivity index (χ2v) is 6.48. The molecule has 2 heteroatoms. The van der Waals surface area contributed by atoms with Crippen molar-refractivity contribution in [2.75, 3.05) is 0 Å². The number of benzene rings is 1. The van der Waals surface area contributed by atoms with Gasteiger partial charge in [-0.1, -0.05) is 32.0 Å². The van der Waals surface area contributed by atoms with Crippen LogP contribution in [0.25, 0.3) is 22.0 Å². The molecule has 0 fully saturated rings. The van der Waals surface area contributed by atoms with Crippen LogP contribution in [0.5, 0.6) is 0 Å². The average molecular weight is 291 g/mol. The van der Waals surface area contributed by atoms with Crippen molar-refractivity contribution in [3.05, 3.63) is 60.0 Å². The van der Waals surface area contributed by atoms with Crippen LogP contribution in [0.2, 0.25) is 0 Å². The zero-order valence-electron chi connectivity index (χ0n) is 13.8. The van der Waals surface area contributed by atoms with Crippen LogP contribution in [0.1, 0.15) is 25.0 Å². The molecule has 0 saturated heterocycles. The first kappa shape index (κ1) is 14.7. The van der Waals surface area contributed by atoms with E-state index >= 15 is 0 Å². The van der Waals surface area contributed by atoms with Crippen molar-refractivity contribution in [3.63, 3.8) is 0 Å². The molecule has 0 aliphatic rings. The average Bonchev–Trinajstić information content (AvgIpc) is 2.48. The van der Waals surface area contributed by atoms with Crippen LogP contribution in [0.4, 0.5) is 0 Å². The lowest BCUT2D eigenvalue weighted by Gasteiger charge is -2.10. The van der Waals surface area contributed by atoms with Crippen LogP contribution in [0.3, 0.4) is 0 Å². The monoisotopic (exact) mass is 291 g/mol. The molecule has 0 spiro atoms. The van der Waals surface area contributed by atoms with Crippen LogP contribution < -0.4 is 4.57 Å². The number of nitrogens with zero attached hydrogens (tertiary/aromatic N) is 2. The van der Waals surface area contributed by atoms with Crippen LogP contribution in [0.15, 0.2) is 48.9 Å². The standard InChI is InChI=1S/C20H23N2/c1-14(2)9-16-11-21-12-17-10-20(22(4)13-19(16)17)18-8-6-5-7-15(18)3/h5-8,10-14H,9H2,1-4H3/q+1. The van der Waals surface area contributed by atoms with Gasteiger partial charge in [-0.2, -0.15) is 0 Å². The molecule has 0 bridgehead atoms. The fourth-order valence-corrected chi connectivity index (χ4v) is 3.05. The Bertz CT molecular complexity index is 819. The first-order valence-corrected chi connectivity index (χ1v) is 7.88. The molecular weight excluding hydrogens is 268 g/mol. The van der Waals surface area contributed by atoms with Gasteiger partial charge in [-0.15, -0.1) is 0 Å². The van der Waals surface area contributed by atoms with Crippen molar-refractivity contribution >= 4 is 10.8 Å². The van der Waals surface area contributed by atoms with E-state index in [2.05, 4.69) is 73.9 Å². The van der Waals surface area contributed by atoms with Crippen molar-refractivity contribution in [2.45, 2.75) is 27.2 Å². The SMILES string of the molecule is Cc1ccccc1-c1cc2cncc(CC(C)C)c2c[n+]1C. The molecule has 0 aliphatic heterocycles. The predicted molar refractivity (Wildman–Crippen MR) is 91.6 cm³/mol. The maximum atomic E-state index is 4.44. The van der Waals surface area contributed by atoms with Crippen molar-refractivity contribution < 1.29 is 4.57 Å². The smallest absolute Gasteiger partial charge is 0.213 e. The third kappa shape index (κ3) is 2.74. The Balaban J connectivity index is 2.20. The maximum Gasteiger partial charge on any atom is 0.213 e. The number of pyridine rings is 2. The lowest BCUT2D eigenvalue weighted by molar-refractivity contribution is -0.659. The fourth-order valence-electron chi connectivity index (χ4n) is 3.05. The zero-order valence-corrected chi connectivity index (χ0v) is 13.8. The number of aromatic nitrogens is 2. The molecule has 2 heterocycles. The Kier molecular flexibility index (Phi) is 3.93. The van der Waals surface area contributed by atoms with Gasteiger partial charge in [0.2, 0.25) is 5.69 Å². The zero-order chi connectivity index (χ0) is 15.7. The maximum absolute atomic E-state index is 4.44. The van der Waals surface area contributed by atoms with Gasteiger partial charge in [-0.25, -0.2) is 4.57 Å². The topological polar surface area (TPSA) is 16.8 Å². The minimum Gasteiger partial charge on any atom is -0.264 e. The summed E-state index contributed by atoms with van der Waals surface area (Å²) < 4.78 is 2.23. The Morgan fingerprint density at radius 2 is 1.91 bits per heavy atom. The fraction of sp³-hybridized carbons (Fsp3) is 0.300. The van der Waals surface area contributed by atoms with Crippen LogP contribution in [-0.2, 0) is 13.5 Å².